The molecule has 0 aromatic heterocycles. The van der Waals surface area contributed by atoms with Crippen LogP contribution in [0.2, 0.25) is 0 Å². The molecule has 0 fully saturated rings. The molecule has 23 heavy (non-hydrogen) atoms. The number of rotatable bonds is 2. The number of hydrogen-bond donors (Lipinski definition) is 2. The molecule has 4 nitrogen and oxygen atoms in total. The number of hydrogen-bond acceptors (Lipinski definition) is 4. The molecule has 2 aromatic rings. The molecule has 0 atom stereocenters. The molecule has 4 rings (SSSR count). The summed E-state index contributed by atoms with van der Waals surface area (Å²) in [5, 5.41) is 7.73. The number of aliphatic imine (C=N–C) groups is 1. The molecule has 1 aliphatic heterocycles. The van der Waals surface area contributed by atoms with Crippen molar-refractivity contribution in [3.63, 3.8) is 0 Å². The zero-order chi connectivity index (χ0) is 14.8. The van der Waals surface area contributed by atoms with E-state index >= 15 is 0 Å². The highest BCUT2D eigenvalue weighted by Crippen LogP contribution is 2.32. The molecular formula is C18H19BrN4. The highest BCUT2D eigenvalue weighted by atomic mass is 79.9. The van der Waals surface area contributed by atoms with Gasteiger partial charge in [0.05, 0.1) is 12.3 Å². The lowest BCUT2D eigenvalue weighted by Crippen LogP contribution is -2.30. The maximum absolute atomic E-state index is 4.55. The summed E-state index contributed by atoms with van der Waals surface area (Å²) in [7, 11) is 0. The summed E-state index contributed by atoms with van der Waals surface area (Å²) in [5.74, 6) is 0.778. The summed E-state index contributed by atoms with van der Waals surface area (Å²) >= 11 is 0. The smallest absolute Gasteiger partial charge is 0.212 e. The van der Waals surface area contributed by atoms with E-state index in [0.717, 1.165) is 37.6 Å². The van der Waals surface area contributed by atoms with E-state index in [1.165, 1.54) is 22.3 Å². The van der Waals surface area contributed by atoms with Gasteiger partial charge in [0.25, 0.3) is 0 Å². The largest absolute Gasteiger partial charge is 0.353 e. The molecule has 2 aliphatic rings. The lowest BCUT2D eigenvalue weighted by molar-refractivity contribution is 0.913. The third-order valence-electron chi connectivity index (χ3n) is 4.15. The van der Waals surface area contributed by atoms with Crippen LogP contribution >= 0.6 is 17.0 Å². The van der Waals surface area contributed by atoms with Crippen LogP contribution in [0.25, 0.3) is 11.1 Å². The van der Waals surface area contributed by atoms with Gasteiger partial charge in [0, 0.05) is 12.1 Å². The molecule has 0 unspecified atom stereocenters. The number of nitrogens with zero attached hydrogens (tertiary/aromatic N) is 2. The Morgan fingerprint density at radius 2 is 1.78 bits per heavy atom. The summed E-state index contributed by atoms with van der Waals surface area (Å²) in [6, 6.07) is 17.0. The van der Waals surface area contributed by atoms with Crippen LogP contribution in [0.1, 0.15) is 17.5 Å². The minimum absolute atomic E-state index is 0. The first kappa shape index (κ1) is 15.7. The zero-order valence-electron chi connectivity index (χ0n) is 12.7. The predicted molar refractivity (Wildman–Crippen MR) is 100 cm³/mol. The van der Waals surface area contributed by atoms with Crippen LogP contribution < -0.4 is 10.7 Å². The summed E-state index contributed by atoms with van der Waals surface area (Å²) < 4.78 is 0. The van der Waals surface area contributed by atoms with Crippen LogP contribution in [-0.4, -0.2) is 24.8 Å². The van der Waals surface area contributed by atoms with Gasteiger partial charge in [0.1, 0.15) is 0 Å². The number of fused-ring (bicyclic) bond motifs is 1. The van der Waals surface area contributed by atoms with Gasteiger partial charge >= 0.3 is 0 Å². The van der Waals surface area contributed by atoms with Crippen LogP contribution in [0.5, 0.6) is 0 Å². The fourth-order valence-electron chi connectivity index (χ4n) is 3.10. The van der Waals surface area contributed by atoms with Gasteiger partial charge in [-0.05, 0) is 29.5 Å². The van der Waals surface area contributed by atoms with E-state index in [-0.39, 0.29) is 17.0 Å². The minimum Gasteiger partial charge on any atom is -0.353 e. The topological polar surface area (TPSA) is 48.8 Å². The molecule has 2 N–H and O–H groups in total. The van der Waals surface area contributed by atoms with Crippen molar-refractivity contribution < 1.29 is 0 Å². The van der Waals surface area contributed by atoms with Crippen molar-refractivity contribution in [3.8, 4) is 11.1 Å². The van der Waals surface area contributed by atoms with Crippen molar-refractivity contribution in [1.82, 2.24) is 10.7 Å². The van der Waals surface area contributed by atoms with Gasteiger partial charge in [-0.3, -0.25) is 0 Å². The highest BCUT2D eigenvalue weighted by Gasteiger charge is 2.21. The maximum Gasteiger partial charge on any atom is 0.212 e. The van der Waals surface area contributed by atoms with E-state index in [1.807, 2.05) is 0 Å². The molecule has 0 saturated carbocycles. The van der Waals surface area contributed by atoms with E-state index < -0.39 is 0 Å². The van der Waals surface area contributed by atoms with Crippen molar-refractivity contribution in [3.05, 3.63) is 59.7 Å². The second kappa shape index (κ2) is 6.96. The second-order valence-corrected chi connectivity index (χ2v) is 5.53. The Bertz CT molecular complexity index is 753. The second-order valence-electron chi connectivity index (χ2n) is 5.53. The maximum atomic E-state index is 4.55. The number of nitrogens with one attached hydrogen (secondary N) is 2. The Kier molecular flexibility index (Phi) is 4.76. The van der Waals surface area contributed by atoms with E-state index in [2.05, 4.69) is 69.4 Å². The molecular weight excluding hydrogens is 352 g/mol. The summed E-state index contributed by atoms with van der Waals surface area (Å²) in [6.45, 7) is 1.71. The summed E-state index contributed by atoms with van der Waals surface area (Å²) in [4.78, 5) is 4.31. The lowest BCUT2D eigenvalue weighted by atomic mass is 9.97. The molecule has 0 spiro atoms. The first-order valence-electron chi connectivity index (χ1n) is 7.70. The van der Waals surface area contributed by atoms with Gasteiger partial charge in [0.2, 0.25) is 5.96 Å². The van der Waals surface area contributed by atoms with Gasteiger partial charge in [-0.2, -0.15) is 5.10 Å². The number of halogens is 1. The van der Waals surface area contributed by atoms with Crippen LogP contribution in [-0.2, 0) is 6.42 Å². The standard InChI is InChI=1S/C18H18N4.BrH/c1-2-5-13(6-3-1)14-7-4-8-16-15(14)9-10-17(16)21-22-18-19-11-12-20-18;/h1-8H,9-12H2,(H2,19,20,22);1H/b21-17-;. The Morgan fingerprint density at radius 1 is 0.957 bits per heavy atom. The van der Waals surface area contributed by atoms with Gasteiger partial charge in [-0.25, -0.2) is 10.4 Å². The molecule has 118 valence electrons. The minimum atomic E-state index is 0. The molecule has 5 heteroatoms. The normalized spacial score (nSPS) is 17.2. The Morgan fingerprint density at radius 3 is 2.57 bits per heavy atom. The first-order valence-corrected chi connectivity index (χ1v) is 7.70. The van der Waals surface area contributed by atoms with Crippen molar-refractivity contribution >= 4 is 28.7 Å². The molecule has 1 heterocycles. The fourth-order valence-corrected chi connectivity index (χ4v) is 3.10. The number of benzene rings is 2. The van der Waals surface area contributed by atoms with E-state index in [1.54, 1.807) is 0 Å². The van der Waals surface area contributed by atoms with Gasteiger partial charge in [-0.1, -0.05) is 48.5 Å². The van der Waals surface area contributed by atoms with Gasteiger partial charge in [0.15, 0.2) is 0 Å². The summed E-state index contributed by atoms with van der Waals surface area (Å²) in [6.07, 6.45) is 2.01. The van der Waals surface area contributed by atoms with Crippen molar-refractivity contribution in [1.29, 1.82) is 0 Å². The Hall–Kier alpha value is -2.14. The Labute approximate surface area is 146 Å². The zero-order valence-corrected chi connectivity index (χ0v) is 14.5. The predicted octanol–water partition coefficient (Wildman–Crippen LogP) is 3.13. The Balaban J connectivity index is 0.00000156. The molecule has 0 radical (unpaired) electrons. The van der Waals surface area contributed by atoms with Crippen molar-refractivity contribution in [2.75, 3.05) is 13.1 Å². The van der Waals surface area contributed by atoms with E-state index in [4.69, 9.17) is 0 Å². The van der Waals surface area contributed by atoms with E-state index in [9.17, 15) is 0 Å². The molecule has 0 amide bonds. The monoisotopic (exact) mass is 370 g/mol. The summed E-state index contributed by atoms with van der Waals surface area (Å²) in [5.41, 5.74) is 9.41. The quantitative estimate of drug-likeness (QED) is 0.797. The van der Waals surface area contributed by atoms with Crippen LogP contribution in [0.4, 0.5) is 0 Å². The molecule has 0 saturated heterocycles. The lowest BCUT2D eigenvalue weighted by Gasteiger charge is -2.08. The number of guanidine groups is 1. The van der Waals surface area contributed by atoms with E-state index in [0.29, 0.717) is 0 Å². The van der Waals surface area contributed by atoms with Crippen molar-refractivity contribution in [2.45, 2.75) is 12.8 Å². The van der Waals surface area contributed by atoms with Crippen LogP contribution in [0.3, 0.4) is 0 Å². The van der Waals surface area contributed by atoms with Gasteiger partial charge < -0.3 is 5.32 Å². The molecule has 2 aromatic carbocycles. The van der Waals surface area contributed by atoms with Crippen LogP contribution in [0.15, 0.2) is 58.6 Å². The molecule has 0 bridgehead atoms. The number of hydrazone groups is 1. The SMILES string of the molecule is Br.c1ccc(-c2cccc3c2CC/C3=N/NC2=NCCN2)cc1. The fraction of sp³-hybridized carbons (Fsp3) is 0.222. The van der Waals surface area contributed by atoms with Crippen LogP contribution in [0, 0.1) is 0 Å². The third-order valence-corrected chi connectivity index (χ3v) is 4.15. The molecule has 1 aliphatic carbocycles. The van der Waals surface area contributed by atoms with Gasteiger partial charge in [-0.15, -0.1) is 17.0 Å². The highest BCUT2D eigenvalue weighted by molar-refractivity contribution is 8.93. The first-order chi connectivity index (χ1) is 10.9. The average Bonchev–Trinajstić information content (AvgIpc) is 3.23. The average molecular weight is 371 g/mol. The third kappa shape index (κ3) is 3.15. The van der Waals surface area contributed by atoms with Crippen molar-refractivity contribution in [2.24, 2.45) is 10.1 Å².